The third-order valence-electron chi connectivity index (χ3n) is 6.62. The number of nitrogens with zero attached hydrogens (tertiary/aromatic N) is 2. The maximum Gasteiger partial charge on any atom is 0.338 e. The third kappa shape index (κ3) is 7.02. The lowest BCUT2D eigenvalue weighted by atomic mass is 9.96. The van der Waals surface area contributed by atoms with Crippen molar-refractivity contribution in [1.29, 1.82) is 0 Å². The Morgan fingerprint density at radius 2 is 1.84 bits per heavy atom. The van der Waals surface area contributed by atoms with Gasteiger partial charge in [-0.05, 0) is 120 Å². The van der Waals surface area contributed by atoms with Crippen molar-refractivity contribution in [2.24, 2.45) is 4.99 Å². The van der Waals surface area contributed by atoms with E-state index in [-0.39, 0.29) is 12.2 Å². The number of halogens is 3. The summed E-state index contributed by atoms with van der Waals surface area (Å²) in [5.41, 5.74) is 3.04. The Hall–Kier alpha value is -2.68. The van der Waals surface area contributed by atoms with Crippen molar-refractivity contribution >= 4 is 80.2 Å². The number of benzene rings is 3. The summed E-state index contributed by atoms with van der Waals surface area (Å²) in [6.45, 7) is 6.50. The number of ether oxygens (including phenoxy) is 3. The van der Waals surface area contributed by atoms with Crippen LogP contribution in [-0.4, -0.2) is 23.8 Å². The molecule has 0 aliphatic carbocycles. The van der Waals surface area contributed by atoms with E-state index in [1.165, 1.54) is 11.3 Å². The van der Waals surface area contributed by atoms with E-state index >= 15 is 0 Å². The molecule has 0 bridgehead atoms. The van der Waals surface area contributed by atoms with Crippen LogP contribution in [0.15, 0.2) is 81.7 Å². The SMILES string of the molecule is CCOC(=O)C1=C(C)N=c2s/c(=C\c3cc(I)cc(I)c3OCc3cccc(Cl)c3)c(=O)n2[C@@H]1c1ccc(OCC)cc1. The third-order valence-corrected chi connectivity index (χ3v) is 9.26. The van der Waals surface area contributed by atoms with Gasteiger partial charge in [-0.2, -0.15) is 0 Å². The molecule has 1 aliphatic rings. The van der Waals surface area contributed by atoms with Crippen molar-refractivity contribution in [2.45, 2.75) is 33.4 Å². The van der Waals surface area contributed by atoms with Crippen LogP contribution in [0.4, 0.5) is 0 Å². The zero-order valence-electron chi connectivity index (χ0n) is 23.5. The van der Waals surface area contributed by atoms with Crippen LogP contribution in [0.25, 0.3) is 6.08 Å². The van der Waals surface area contributed by atoms with Crippen LogP contribution < -0.4 is 24.4 Å². The Balaban J connectivity index is 1.63. The van der Waals surface area contributed by atoms with E-state index in [0.717, 1.165) is 23.8 Å². The number of hydrogen-bond donors (Lipinski definition) is 0. The standard InChI is InChI=1S/C32H27ClI2N2O5S/c1-4-40-24-11-9-20(10-12-24)28-27(31(39)41-5-2)18(3)36-32-37(28)30(38)26(43-32)15-21-14-23(34)16-25(35)29(21)42-17-19-7-6-8-22(33)13-19/h6-16,28H,4-5,17H2,1-3H3/b26-15-/t28-/m1/s1. The van der Waals surface area contributed by atoms with Gasteiger partial charge in [0.05, 0.1) is 38.6 Å². The van der Waals surface area contributed by atoms with Crippen molar-refractivity contribution in [1.82, 2.24) is 4.57 Å². The van der Waals surface area contributed by atoms with Crippen LogP contribution in [0.2, 0.25) is 5.02 Å². The lowest BCUT2D eigenvalue weighted by Crippen LogP contribution is -2.39. The van der Waals surface area contributed by atoms with Gasteiger partial charge >= 0.3 is 5.97 Å². The highest BCUT2D eigenvalue weighted by Gasteiger charge is 2.33. The van der Waals surface area contributed by atoms with E-state index in [0.29, 0.717) is 50.3 Å². The maximum absolute atomic E-state index is 14.1. The van der Waals surface area contributed by atoms with Crippen LogP contribution in [0.5, 0.6) is 11.5 Å². The molecule has 1 aliphatic heterocycles. The highest BCUT2D eigenvalue weighted by Crippen LogP contribution is 2.33. The summed E-state index contributed by atoms with van der Waals surface area (Å²) in [5, 5.41) is 0.638. The maximum atomic E-state index is 14.1. The number of carbonyl (C=O) groups is 1. The zero-order chi connectivity index (χ0) is 30.7. The smallest absolute Gasteiger partial charge is 0.338 e. The highest BCUT2D eigenvalue weighted by molar-refractivity contribution is 14.1. The molecule has 0 radical (unpaired) electrons. The number of carbonyl (C=O) groups excluding carboxylic acids is 1. The van der Waals surface area contributed by atoms with Crippen LogP contribution in [-0.2, 0) is 16.1 Å². The minimum absolute atomic E-state index is 0.208. The number of rotatable bonds is 9. The van der Waals surface area contributed by atoms with Crippen molar-refractivity contribution in [2.75, 3.05) is 13.2 Å². The monoisotopic (exact) mass is 840 g/mol. The fourth-order valence-corrected chi connectivity index (χ4v) is 8.08. The molecule has 0 N–H and O–H groups in total. The van der Waals surface area contributed by atoms with Crippen molar-refractivity contribution in [3.8, 4) is 11.5 Å². The molecule has 0 saturated carbocycles. The first-order chi connectivity index (χ1) is 20.7. The molecule has 5 rings (SSSR count). The minimum Gasteiger partial charge on any atom is -0.494 e. The summed E-state index contributed by atoms with van der Waals surface area (Å²) in [4.78, 5) is 32.5. The largest absolute Gasteiger partial charge is 0.494 e. The van der Waals surface area contributed by atoms with Crippen LogP contribution >= 0.6 is 68.1 Å². The van der Waals surface area contributed by atoms with Gasteiger partial charge in [-0.3, -0.25) is 9.36 Å². The molecule has 2 heterocycles. The molecule has 0 spiro atoms. The normalized spacial score (nSPS) is 14.7. The number of esters is 1. The Labute approximate surface area is 285 Å². The second kappa shape index (κ2) is 14.0. The average Bonchev–Trinajstić information content (AvgIpc) is 3.26. The van der Waals surface area contributed by atoms with E-state index in [2.05, 4.69) is 50.2 Å². The summed E-state index contributed by atoms with van der Waals surface area (Å²) < 4.78 is 21.3. The van der Waals surface area contributed by atoms with Crippen molar-refractivity contribution < 1.29 is 19.0 Å². The molecule has 0 amide bonds. The summed E-state index contributed by atoms with van der Waals surface area (Å²) >= 11 is 11.9. The summed E-state index contributed by atoms with van der Waals surface area (Å²) in [7, 11) is 0. The summed E-state index contributed by atoms with van der Waals surface area (Å²) in [6.07, 6.45) is 1.83. The molecule has 0 unspecified atom stereocenters. The molecule has 1 atom stereocenters. The fourth-order valence-electron chi connectivity index (χ4n) is 4.78. The van der Waals surface area contributed by atoms with Gasteiger partial charge in [-0.15, -0.1) is 0 Å². The van der Waals surface area contributed by atoms with E-state index in [1.54, 1.807) is 18.4 Å². The molecule has 1 aromatic heterocycles. The van der Waals surface area contributed by atoms with E-state index in [9.17, 15) is 9.59 Å². The average molecular weight is 841 g/mol. The van der Waals surface area contributed by atoms with E-state index < -0.39 is 12.0 Å². The molecule has 4 aromatic rings. The molecule has 43 heavy (non-hydrogen) atoms. The Bertz CT molecular complexity index is 1900. The van der Waals surface area contributed by atoms with Gasteiger partial charge < -0.3 is 14.2 Å². The van der Waals surface area contributed by atoms with Crippen LogP contribution in [0.3, 0.4) is 0 Å². The number of fused-ring (bicyclic) bond motifs is 1. The predicted octanol–water partition coefficient (Wildman–Crippen LogP) is 6.64. The Morgan fingerprint density at radius 3 is 2.53 bits per heavy atom. The quantitative estimate of drug-likeness (QED) is 0.140. The second-order valence-corrected chi connectivity index (χ2v) is 13.4. The molecule has 3 aromatic carbocycles. The number of thiazole rings is 1. The molecule has 7 nitrogen and oxygen atoms in total. The first-order valence-electron chi connectivity index (χ1n) is 13.5. The van der Waals surface area contributed by atoms with Gasteiger partial charge in [0.2, 0.25) is 0 Å². The first kappa shape index (κ1) is 31.7. The summed E-state index contributed by atoms with van der Waals surface area (Å²) in [5.74, 6) is 0.870. The Morgan fingerprint density at radius 1 is 1.07 bits per heavy atom. The first-order valence-corrected chi connectivity index (χ1v) is 16.8. The highest BCUT2D eigenvalue weighted by atomic mass is 127. The van der Waals surface area contributed by atoms with Crippen LogP contribution in [0, 0.1) is 7.14 Å². The molecule has 0 fully saturated rings. The lowest BCUT2D eigenvalue weighted by molar-refractivity contribution is -0.139. The fraction of sp³-hybridized carbons (Fsp3) is 0.219. The van der Waals surface area contributed by atoms with Crippen LogP contribution in [0.1, 0.15) is 43.5 Å². The minimum atomic E-state index is -0.706. The van der Waals surface area contributed by atoms with Gasteiger partial charge in [0.25, 0.3) is 5.56 Å². The molecule has 11 heteroatoms. The van der Waals surface area contributed by atoms with E-state index in [4.69, 9.17) is 25.8 Å². The van der Waals surface area contributed by atoms with Gasteiger partial charge in [0.1, 0.15) is 18.1 Å². The lowest BCUT2D eigenvalue weighted by Gasteiger charge is -2.24. The van der Waals surface area contributed by atoms with Gasteiger partial charge in [0, 0.05) is 14.2 Å². The van der Waals surface area contributed by atoms with Crippen molar-refractivity contribution in [3.05, 3.63) is 120 Å². The van der Waals surface area contributed by atoms with Gasteiger partial charge in [-0.25, -0.2) is 9.79 Å². The number of allylic oxidation sites excluding steroid dienone is 1. The van der Waals surface area contributed by atoms with Gasteiger partial charge in [-0.1, -0.05) is 47.2 Å². The number of hydrogen-bond acceptors (Lipinski definition) is 7. The molecule has 0 saturated heterocycles. The summed E-state index contributed by atoms with van der Waals surface area (Å²) in [6, 6.07) is 18.2. The topological polar surface area (TPSA) is 79.1 Å². The molecular formula is C32H27ClI2N2O5S. The second-order valence-electron chi connectivity index (χ2n) is 9.53. The number of aromatic nitrogens is 1. The van der Waals surface area contributed by atoms with Gasteiger partial charge in [0.15, 0.2) is 4.80 Å². The molecular weight excluding hydrogens is 814 g/mol. The zero-order valence-corrected chi connectivity index (χ0v) is 29.4. The Kier molecular flexibility index (Phi) is 10.3. The molecule has 222 valence electrons. The predicted molar refractivity (Wildman–Crippen MR) is 186 cm³/mol. The van der Waals surface area contributed by atoms with Crippen molar-refractivity contribution in [3.63, 3.8) is 0 Å². The van der Waals surface area contributed by atoms with E-state index in [1.807, 2.05) is 73.7 Å².